The number of carbonyl (C=O) groups is 2. The van der Waals surface area contributed by atoms with Crippen molar-refractivity contribution in [1.29, 1.82) is 0 Å². The van der Waals surface area contributed by atoms with Crippen LogP contribution in [0.5, 0.6) is 5.75 Å². The lowest BCUT2D eigenvalue weighted by Crippen LogP contribution is -2.09. The Morgan fingerprint density at radius 1 is 1.03 bits per heavy atom. The second kappa shape index (κ2) is 10.9. The number of pyridine rings is 1. The first kappa shape index (κ1) is 24.1. The van der Waals surface area contributed by atoms with Crippen molar-refractivity contribution in [2.45, 2.75) is 26.2 Å². The largest absolute Gasteiger partial charge is 0.490 e. The Hall–Kier alpha value is -4.06. The molecule has 0 radical (unpaired) electrons. The lowest BCUT2D eigenvalue weighted by Gasteiger charge is -2.17. The van der Waals surface area contributed by atoms with Crippen molar-refractivity contribution < 1.29 is 23.5 Å². The van der Waals surface area contributed by atoms with E-state index >= 15 is 0 Å². The van der Waals surface area contributed by atoms with Crippen LogP contribution in [0.1, 0.15) is 51.6 Å². The van der Waals surface area contributed by atoms with Gasteiger partial charge in [0, 0.05) is 17.1 Å². The van der Waals surface area contributed by atoms with E-state index in [1.54, 1.807) is 36.5 Å². The van der Waals surface area contributed by atoms with Gasteiger partial charge >= 0.3 is 5.97 Å². The zero-order valence-corrected chi connectivity index (χ0v) is 19.7. The minimum absolute atomic E-state index is 0.255. The Balaban J connectivity index is 1.95. The summed E-state index contributed by atoms with van der Waals surface area (Å²) < 4.78 is 24.5. The summed E-state index contributed by atoms with van der Waals surface area (Å²) in [7, 11) is 1.32. The number of aldehydes is 1. The molecule has 0 aliphatic heterocycles. The lowest BCUT2D eigenvalue weighted by molar-refractivity contribution is 0.0596. The molecule has 6 heteroatoms. The fourth-order valence-electron chi connectivity index (χ4n) is 4.04. The molecule has 3 aromatic carbocycles. The average molecular weight is 472 g/mol. The van der Waals surface area contributed by atoms with E-state index in [2.05, 4.69) is 6.92 Å². The Kier molecular flexibility index (Phi) is 7.51. The quantitative estimate of drug-likeness (QED) is 0.160. The van der Waals surface area contributed by atoms with Crippen LogP contribution in [0, 0.1) is 5.82 Å². The fraction of sp³-hybridized carbons (Fsp3) is 0.207. The van der Waals surface area contributed by atoms with E-state index in [0.29, 0.717) is 41.0 Å². The third-order valence-corrected chi connectivity index (χ3v) is 5.83. The molecule has 0 atom stereocenters. The highest BCUT2D eigenvalue weighted by Crippen LogP contribution is 2.39. The molecule has 0 unspecified atom stereocenters. The number of hydrogen-bond donors (Lipinski definition) is 0. The number of unbranched alkanes of at least 4 members (excludes halogenated alkanes) is 1. The van der Waals surface area contributed by atoms with Crippen molar-refractivity contribution in [3.05, 3.63) is 94.9 Å². The summed E-state index contributed by atoms with van der Waals surface area (Å²) in [6.45, 7) is 2.49. The van der Waals surface area contributed by atoms with Gasteiger partial charge in [0.1, 0.15) is 16.9 Å². The minimum atomic E-state index is -0.541. The average Bonchev–Trinajstić information content (AvgIpc) is 2.89. The Labute approximate surface area is 203 Å². The maximum atomic E-state index is 13.4. The molecule has 0 spiro atoms. The van der Waals surface area contributed by atoms with Gasteiger partial charge in [-0.05, 0) is 59.4 Å². The molecule has 0 aliphatic rings. The van der Waals surface area contributed by atoms with Crippen molar-refractivity contribution in [2.24, 2.45) is 0 Å². The molecule has 1 heterocycles. The number of benzene rings is 3. The van der Waals surface area contributed by atoms with Gasteiger partial charge in [-0.25, -0.2) is 9.18 Å². The molecule has 0 amide bonds. The van der Waals surface area contributed by atoms with Crippen molar-refractivity contribution >= 4 is 23.2 Å². The van der Waals surface area contributed by atoms with Crippen molar-refractivity contribution in [2.75, 3.05) is 13.7 Å². The third-order valence-electron chi connectivity index (χ3n) is 5.83. The number of halogens is 1. The topological polar surface area (TPSA) is 65.5 Å². The zero-order valence-electron chi connectivity index (χ0n) is 19.7. The van der Waals surface area contributed by atoms with E-state index in [0.717, 1.165) is 35.6 Å². The standard InChI is InChI=1S/C29H26FNO4/c1-3-4-13-35-28-26(29(33)34-2)16-24(23-8-6-5-7-21(23)18-32)25-15-20(17-31-27(25)28)14-19-9-11-22(30)12-10-19/h5-12,15-18H,3-4,13-14H2,1-2H3. The summed E-state index contributed by atoms with van der Waals surface area (Å²) in [4.78, 5) is 29.3. The lowest BCUT2D eigenvalue weighted by atomic mass is 9.92. The Bertz CT molecular complexity index is 1370. The molecule has 5 nitrogen and oxygen atoms in total. The van der Waals surface area contributed by atoms with Crippen LogP contribution in [0.15, 0.2) is 66.9 Å². The number of esters is 1. The highest BCUT2D eigenvalue weighted by molar-refractivity contribution is 6.08. The molecule has 0 bridgehead atoms. The molecular formula is C29H26FNO4. The number of aromatic nitrogens is 1. The van der Waals surface area contributed by atoms with Crippen molar-refractivity contribution in [3.63, 3.8) is 0 Å². The first-order chi connectivity index (χ1) is 17.0. The van der Waals surface area contributed by atoms with Crippen LogP contribution < -0.4 is 4.74 Å². The molecule has 0 N–H and O–H groups in total. The summed E-state index contributed by atoms with van der Waals surface area (Å²) in [5.41, 5.74) is 4.46. The number of rotatable bonds is 9. The van der Waals surface area contributed by atoms with Gasteiger partial charge in [0.05, 0.1) is 13.7 Å². The number of nitrogens with zero attached hydrogens (tertiary/aromatic N) is 1. The van der Waals surface area contributed by atoms with Crippen LogP contribution in [0.4, 0.5) is 4.39 Å². The van der Waals surface area contributed by atoms with Crippen LogP contribution >= 0.6 is 0 Å². The van der Waals surface area contributed by atoms with Gasteiger partial charge < -0.3 is 9.47 Å². The summed E-state index contributed by atoms with van der Waals surface area (Å²) in [6.07, 6.45) is 4.82. The zero-order chi connectivity index (χ0) is 24.8. The number of fused-ring (bicyclic) bond motifs is 1. The van der Waals surface area contributed by atoms with Gasteiger partial charge in [-0.3, -0.25) is 9.78 Å². The number of carbonyl (C=O) groups excluding carboxylic acids is 2. The van der Waals surface area contributed by atoms with Gasteiger partial charge in [-0.15, -0.1) is 0 Å². The monoisotopic (exact) mass is 471 g/mol. The summed E-state index contributed by atoms with van der Waals surface area (Å²) in [5.74, 6) is -0.469. The number of hydrogen-bond acceptors (Lipinski definition) is 5. The molecule has 0 saturated heterocycles. The summed E-state index contributed by atoms with van der Waals surface area (Å²) in [5, 5.41) is 0.748. The molecule has 4 aromatic rings. The molecular weight excluding hydrogens is 445 g/mol. The number of ether oxygens (including phenoxy) is 2. The second-order valence-electron chi connectivity index (χ2n) is 8.24. The van der Waals surface area contributed by atoms with E-state index in [1.807, 2.05) is 18.2 Å². The van der Waals surface area contributed by atoms with E-state index < -0.39 is 5.97 Å². The van der Waals surface area contributed by atoms with Crippen LogP contribution in [-0.4, -0.2) is 31.0 Å². The van der Waals surface area contributed by atoms with Crippen molar-refractivity contribution in [1.82, 2.24) is 4.98 Å². The first-order valence-electron chi connectivity index (χ1n) is 11.5. The predicted molar refractivity (Wildman–Crippen MR) is 134 cm³/mol. The Morgan fingerprint density at radius 3 is 2.51 bits per heavy atom. The second-order valence-corrected chi connectivity index (χ2v) is 8.24. The normalized spacial score (nSPS) is 10.8. The van der Waals surface area contributed by atoms with E-state index in [4.69, 9.17) is 14.5 Å². The van der Waals surface area contributed by atoms with Crippen LogP contribution in [-0.2, 0) is 11.2 Å². The van der Waals surface area contributed by atoms with Crippen molar-refractivity contribution in [3.8, 4) is 16.9 Å². The van der Waals surface area contributed by atoms with Gasteiger partial charge in [0.25, 0.3) is 0 Å². The van der Waals surface area contributed by atoms with Crippen LogP contribution in [0.3, 0.4) is 0 Å². The molecule has 0 fully saturated rings. The summed E-state index contributed by atoms with van der Waals surface area (Å²) >= 11 is 0. The first-order valence-corrected chi connectivity index (χ1v) is 11.5. The maximum Gasteiger partial charge on any atom is 0.341 e. The highest BCUT2D eigenvalue weighted by atomic mass is 19.1. The predicted octanol–water partition coefficient (Wildman–Crippen LogP) is 6.41. The van der Waals surface area contributed by atoms with E-state index in [1.165, 1.54) is 19.2 Å². The molecule has 0 aliphatic carbocycles. The highest BCUT2D eigenvalue weighted by Gasteiger charge is 2.22. The molecule has 178 valence electrons. The minimum Gasteiger partial charge on any atom is -0.490 e. The fourth-order valence-corrected chi connectivity index (χ4v) is 4.04. The number of methoxy groups -OCH3 is 1. The molecule has 0 saturated carbocycles. The van der Waals surface area contributed by atoms with E-state index in [-0.39, 0.29) is 11.4 Å². The Morgan fingerprint density at radius 2 is 1.80 bits per heavy atom. The van der Waals surface area contributed by atoms with Crippen LogP contribution in [0.2, 0.25) is 0 Å². The molecule has 1 aromatic heterocycles. The van der Waals surface area contributed by atoms with E-state index in [9.17, 15) is 14.0 Å². The van der Waals surface area contributed by atoms with Gasteiger partial charge in [0.15, 0.2) is 12.0 Å². The van der Waals surface area contributed by atoms with Crippen LogP contribution in [0.25, 0.3) is 22.0 Å². The smallest absolute Gasteiger partial charge is 0.341 e. The van der Waals surface area contributed by atoms with Gasteiger partial charge in [-0.1, -0.05) is 49.7 Å². The molecule has 4 rings (SSSR count). The third kappa shape index (κ3) is 5.22. The maximum absolute atomic E-state index is 13.4. The van der Waals surface area contributed by atoms with Gasteiger partial charge in [0.2, 0.25) is 0 Å². The molecule has 35 heavy (non-hydrogen) atoms. The SMILES string of the molecule is CCCCOc1c(C(=O)OC)cc(-c2ccccc2C=O)c2cc(Cc3ccc(F)cc3)cnc12. The van der Waals surface area contributed by atoms with Gasteiger partial charge in [-0.2, -0.15) is 0 Å². The summed E-state index contributed by atoms with van der Waals surface area (Å²) in [6, 6.07) is 17.2.